The zero-order chi connectivity index (χ0) is 14.3. The minimum Gasteiger partial charge on any atom is -0.481 e. The lowest BCUT2D eigenvalue weighted by Gasteiger charge is -2.04. The second kappa shape index (κ2) is 7.10. The number of hydrogen-bond donors (Lipinski definition) is 2. The predicted molar refractivity (Wildman–Crippen MR) is 68.4 cm³/mol. The number of nitrogens with zero attached hydrogens (tertiary/aromatic N) is 2. The van der Waals surface area contributed by atoms with Gasteiger partial charge in [0.05, 0.1) is 30.8 Å². The molecule has 1 aromatic rings. The van der Waals surface area contributed by atoms with Gasteiger partial charge in [-0.2, -0.15) is 5.10 Å². The largest absolute Gasteiger partial charge is 0.481 e. The smallest absolute Gasteiger partial charge is 0.303 e. The zero-order valence-corrected chi connectivity index (χ0v) is 11.4. The first-order chi connectivity index (χ1) is 8.93. The van der Waals surface area contributed by atoms with Crippen LogP contribution in [0.1, 0.15) is 12.8 Å². The highest BCUT2D eigenvalue weighted by atomic mass is 32.2. The average molecular weight is 291 g/mol. The van der Waals surface area contributed by atoms with E-state index in [4.69, 9.17) is 9.84 Å². The van der Waals surface area contributed by atoms with Gasteiger partial charge in [-0.25, -0.2) is 8.42 Å². The molecule has 0 saturated heterocycles. The molecule has 1 heterocycles. The van der Waals surface area contributed by atoms with Gasteiger partial charge in [0.15, 0.2) is 0 Å². The van der Waals surface area contributed by atoms with Crippen LogP contribution in [0.2, 0.25) is 0 Å². The Morgan fingerprint density at radius 1 is 1.58 bits per heavy atom. The fraction of sp³-hybridized carbons (Fsp3) is 0.600. The lowest BCUT2D eigenvalue weighted by Crippen LogP contribution is -2.17. The van der Waals surface area contributed by atoms with E-state index in [1.54, 1.807) is 18.0 Å². The number of nitrogens with one attached hydrogen (secondary N) is 1. The molecule has 0 aliphatic heterocycles. The first kappa shape index (κ1) is 15.4. The highest BCUT2D eigenvalue weighted by Crippen LogP contribution is 2.09. The molecule has 0 radical (unpaired) electrons. The molecular weight excluding hydrogens is 274 g/mol. The Morgan fingerprint density at radius 2 is 2.32 bits per heavy atom. The summed E-state index contributed by atoms with van der Waals surface area (Å²) >= 11 is 0. The van der Waals surface area contributed by atoms with E-state index < -0.39 is 16.0 Å². The van der Waals surface area contributed by atoms with Crippen LogP contribution >= 0.6 is 0 Å². The molecule has 0 aliphatic carbocycles. The monoisotopic (exact) mass is 291 g/mol. The number of ether oxygens (including phenoxy) is 1. The van der Waals surface area contributed by atoms with Crippen molar-refractivity contribution in [3.63, 3.8) is 0 Å². The molecule has 0 spiro atoms. The van der Waals surface area contributed by atoms with Gasteiger partial charge in [0.1, 0.15) is 0 Å². The summed E-state index contributed by atoms with van der Waals surface area (Å²) in [6, 6.07) is 0. The molecule has 0 bridgehead atoms. The van der Waals surface area contributed by atoms with Crippen LogP contribution in [0, 0.1) is 0 Å². The van der Waals surface area contributed by atoms with E-state index in [-0.39, 0.29) is 18.6 Å². The Bertz CT molecular complexity index is 511. The normalized spacial score (nSPS) is 11.4. The molecule has 0 aliphatic rings. The average Bonchev–Trinajstić information content (AvgIpc) is 2.72. The Kier molecular flexibility index (Phi) is 5.77. The number of anilines is 1. The SMILES string of the molecule is COCCn1cc(NS(=O)(=O)CCCC(=O)O)cn1. The molecule has 0 aromatic carbocycles. The van der Waals surface area contributed by atoms with Crippen molar-refractivity contribution in [2.75, 3.05) is 24.2 Å². The molecule has 19 heavy (non-hydrogen) atoms. The summed E-state index contributed by atoms with van der Waals surface area (Å²) in [5.41, 5.74) is 0.353. The summed E-state index contributed by atoms with van der Waals surface area (Å²) in [4.78, 5) is 10.3. The van der Waals surface area contributed by atoms with Crippen molar-refractivity contribution in [3.05, 3.63) is 12.4 Å². The van der Waals surface area contributed by atoms with Crippen LogP contribution < -0.4 is 4.72 Å². The van der Waals surface area contributed by atoms with Crippen LogP contribution in [0.5, 0.6) is 0 Å². The van der Waals surface area contributed by atoms with E-state index in [2.05, 4.69) is 9.82 Å². The summed E-state index contributed by atoms with van der Waals surface area (Å²) in [6.07, 6.45) is 2.84. The Labute approximate surface area is 111 Å². The van der Waals surface area contributed by atoms with Crippen molar-refractivity contribution in [1.82, 2.24) is 9.78 Å². The van der Waals surface area contributed by atoms with Crippen molar-refractivity contribution >= 4 is 21.7 Å². The minimum atomic E-state index is -3.54. The molecule has 0 unspecified atom stereocenters. The number of methoxy groups -OCH3 is 1. The van der Waals surface area contributed by atoms with Crippen LogP contribution in [0.25, 0.3) is 0 Å². The molecule has 1 rings (SSSR count). The molecule has 9 heteroatoms. The van der Waals surface area contributed by atoms with E-state index in [1.165, 1.54) is 6.20 Å². The molecule has 0 fully saturated rings. The maximum Gasteiger partial charge on any atom is 0.303 e. The van der Waals surface area contributed by atoms with Crippen molar-refractivity contribution < 1.29 is 23.1 Å². The summed E-state index contributed by atoms with van der Waals surface area (Å²) < 4.78 is 32.1. The van der Waals surface area contributed by atoms with Gasteiger partial charge in [-0.1, -0.05) is 0 Å². The Balaban J connectivity index is 2.48. The van der Waals surface area contributed by atoms with Crippen LogP contribution in [0.15, 0.2) is 12.4 Å². The highest BCUT2D eigenvalue weighted by Gasteiger charge is 2.12. The Hall–Kier alpha value is -1.61. The molecule has 2 N–H and O–H groups in total. The summed E-state index contributed by atoms with van der Waals surface area (Å²) in [6.45, 7) is 1.00. The molecule has 1 aromatic heterocycles. The predicted octanol–water partition coefficient (Wildman–Crippen LogP) is 0.136. The summed E-state index contributed by atoms with van der Waals surface area (Å²) in [7, 11) is -1.97. The van der Waals surface area contributed by atoms with Gasteiger partial charge in [0, 0.05) is 19.7 Å². The Morgan fingerprint density at radius 3 is 2.95 bits per heavy atom. The number of carboxylic acid groups (broad SMARTS) is 1. The van der Waals surface area contributed by atoms with Gasteiger partial charge in [0.2, 0.25) is 10.0 Å². The van der Waals surface area contributed by atoms with Crippen molar-refractivity contribution in [1.29, 1.82) is 0 Å². The molecule has 108 valence electrons. The van der Waals surface area contributed by atoms with Crippen LogP contribution in [0.4, 0.5) is 5.69 Å². The lowest BCUT2D eigenvalue weighted by molar-refractivity contribution is -0.137. The van der Waals surface area contributed by atoms with Gasteiger partial charge in [-0.3, -0.25) is 14.2 Å². The minimum absolute atomic E-state index is 0.0719. The third-order valence-electron chi connectivity index (χ3n) is 2.23. The molecule has 8 nitrogen and oxygen atoms in total. The molecule has 0 atom stereocenters. The number of aliphatic carboxylic acids is 1. The highest BCUT2D eigenvalue weighted by molar-refractivity contribution is 7.92. The first-order valence-corrected chi connectivity index (χ1v) is 7.32. The second-order valence-electron chi connectivity index (χ2n) is 3.90. The summed E-state index contributed by atoms with van der Waals surface area (Å²) in [5.74, 6) is -1.25. The first-order valence-electron chi connectivity index (χ1n) is 5.66. The van der Waals surface area contributed by atoms with Crippen molar-refractivity contribution in [2.24, 2.45) is 0 Å². The lowest BCUT2D eigenvalue weighted by atomic mass is 10.3. The number of aromatic nitrogens is 2. The quantitative estimate of drug-likeness (QED) is 0.669. The summed E-state index contributed by atoms with van der Waals surface area (Å²) in [5, 5.41) is 12.4. The standard InChI is InChI=1S/C10H17N3O5S/c1-18-5-4-13-8-9(7-11-13)12-19(16,17)6-2-3-10(14)15/h7-8,12H,2-6H2,1H3,(H,14,15). The van der Waals surface area contributed by atoms with Gasteiger partial charge in [-0.15, -0.1) is 0 Å². The fourth-order valence-corrected chi connectivity index (χ4v) is 2.46. The van der Waals surface area contributed by atoms with E-state index in [0.717, 1.165) is 0 Å². The third kappa shape index (κ3) is 6.20. The van der Waals surface area contributed by atoms with Crippen molar-refractivity contribution in [2.45, 2.75) is 19.4 Å². The number of sulfonamides is 1. The molecule has 0 amide bonds. The van der Waals surface area contributed by atoms with E-state index in [9.17, 15) is 13.2 Å². The zero-order valence-electron chi connectivity index (χ0n) is 10.6. The van der Waals surface area contributed by atoms with Crippen LogP contribution in [0.3, 0.4) is 0 Å². The second-order valence-corrected chi connectivity index (χ2v) is 5.74. The third-order valence-corrected chi connectivity index (χ3v) is 3.61. The van der Waals surface area contributed by atoms with Crippen molar-refractivity contribution in [3.8, 4) is 0 Å². The van der Waals surface area contributed by atoms with Crippen LogP contribution in [-0.4, -0.2) is 48.7 Å². The maximum absolute atomic E-state index is 11.6. The number of hydrogen-bond acceptors (Lipinski definition) is 5. The van der Waals surface area contributed by atoms with Gasteiger partial charge >= 0.3 is 5.97 Å². The van der Waals surface area contributed by atoms with Gasteiger partial charge < -0.3 is 9.84 Å². The number of carbonyl (C=O) groups is 1. The fourth-order valence-electron chi connectivity index (χ4n) is 1.37. The van der Waals surface area contributed by atoms with Gasteiger partial charge in [-0.05, 0) is 6.42 Å². The van der Waals surface area contributed by atoms with Gasteiger partial charge in [0.25, 0.3) is 0 Å². The topological polar surface area (TPSA) is 111 Å². The number of rotatable bonds is 9. The van der Waals surface area contributed by atoms with Crippen LogP contribution in [-0.2, 0) is 26.1 Å². The van der Waals surface area contributed by atoms with E-state index in [1.807, 2.05) is 0 Å². The molecular formula is C10H17N3O5S. The maximum atomic E-state index is 11.6. The molecule has 0 saturated carbocycles. The van der Waals surface area contributed by atoms with E-state index in [0.29, 0.717) is 18.8 Å². The number of carboxylic acids is 1. The van der Waals surface area contributed by atoms with E-state index >= 15 is 0 Å².